The highest BCUT2D eigenvalue weighted by Gasteiger charge is 2.16. The lowest BCUT2D eigenvalue weighted by Crippen LogP contribution is -2.26. The second kappa shape index (κ2) is 7.36. The minimum Gasteiger partial charge on any atom is -0.382 e. The van der Waals surface area contributed by atoms with Gasteiger partial charge in [0, 0.05) is 30.9 Å². The number of nitrogens with one attached hydrogen (secondary N) is 1. The normalized spacial score (nSPS) is 14.3. The quantitative estimate of drug-likeness (QED) is 0.834. The summed E-state index contributed by atoms with van der Waals surface area (Å²) in [7, 11) is 1.77. The molecule has 0 fully saturated rings. The Morgan fingerprint density at radius 1 is 1.30 bits per heavy atom. The first-order valence-electron chi connectivity index (χ1n) is 7.35. The molecule has 2 rings (SSSR count). The fourth-order valence-electron chi connectivity index (χ4n) is 2.52. The molecule has 0 radical (unpaired) electrons. The van der Waals surface area contributed by atoms with Crippen molar-refractivity contribution >= 4 is 10.8 Å². The average Bonchev–Trinajstić information content (AvgIpc) is 2.50. The van der Waals surface area contributed by atoms with Crippen LogP contribution in [0.2, 0.25) is 0 Å². The van der Waals surface area contributed by atoms with E-state index in [9.17, 15) is 0 Å². The molecule has 0 spiro atoms. The third kappa shape index (κ3) is 3.56. The summed E-state index contributed by atoms with van der Waals surface area (Å²) >= 11 is 0. The summed E-state index contributed by atoms with van der Waals surface area (Å²) in [6.45, 7) is 5.33. The lowest BCUT2D eigenvalue weighted by Gasteiger charge is -2.23. The Morgan fingerprint density at radius 3 is 2.90 bits per heavy atom. The van der Waals surface area contributed by atoms with Crippen LogP contribution >= 0.6 is 0 Å². The van der Waals surface area contributed by atoms with Gasteiger partial charge in [-0.05, 0) is 43.3 Å². The molecule has 0 aliphatic rings. The Kier molecular flexibility index (Phi) is 5.50. The van der Waals surface area contributed by atoms with Crippen LogP contribution in [0.3, 0.4) is 0 Å². The van der Waals surface area contributed by atoms with Crippen LogP contribution in [0, 0.1) is 0 Å². The van der Waals surface area contributed by atoms with Crippen LogP contribution in [-0.4, -0.2) is 24.7 Å². The third-order valence-electron chi connectivity index (χ3n) is 3.70. The molecule has 2 atom stereocenters. The minimum absolute atomic E-state index is 0.237. The van der Waals surface area contributed by atoms with E-state index in [1.165, 1.54) is 16.3 Å². The first-order chi connectivity index (χ1) is 9.76. The van der Waals surface area contributed by atoms with Crippen molar-refractivity contribution in [3.05, 3.63) is 42.2 Å². The lowest BCUT2D eigenvalue weighted by atomic mass is 9.96. The van der Waals surface area contributed by atoms with Gasteiger partial charge in [0.1, 0.15) is 0 Å². The highest BCUT2D eigenvalue weighted by atomic mass is 16.5. The van der Waals surface area contributed by atoms with E-state index in [2.05, 4.69) is 48.4 Å². The largest absolute Gasteiger partial charge is 0.382 e. The van der Waals surface area contributed by atoms with Crippen molar-refractivity contribution in [1.82, 2.24) is 10.3 Å². The molecule has 0 aliphatic carbocycles. The lowest BCUT2D eigenvalue weighted by molar-refractivity contribution is 0.101. The molecule has 1 aromatic carbocycles. The van der Waals surface area contributed by atoms with E-state index in [1.54, 1.807) is 7.11 Å². The third-order valence-corrected chi connectivity index (χ3v) is 3.70. The van der Waals surface area contributed by atoms with Gasteiger partial charge in [0.05, 0.1) is 6.10 Å². The summed E-state index contributed by atoms with van der Waals surface area (Å²) in [6, 6.07) is 8.84. The topological polar surface area (TPSA) is 34.1 Å². The first-order valence-corrected chi connectivity index (χ1v) is 7.35. The first kappa shape index (κ1) is 14.9. The molecular weight excluding hydrogens is 248 g/mol. The van der Waals surface area contributed by atoms with Gasteiger partial charge in [-0.15, -0.1) is 0 Å². The van der Waals surface area contributed by atoms with E-state index in [0.717, 1.165) is 19.4 Å². The molecule has 1 N–H and O–H groups in total. The molecule has 1 aromatic heterocycles. The molecule has 0 saturated heterocycles. The van der Waals surface area contributed by atoms with E-state index in [0.29, 0.717) is 6.04 Å². The number of rotatable bonds is 7. The summed E-state index contributed by atoms with van der Waals surface area (Å²) in [6.07, 6.45) is 6.13. The second-order valence-electron chi connectivity index (χ2n) is 5.23. The molecule has 3 heteroatoms. The fraction of sp³-hybridized carbons (Fsp3) is 0.471. The van der Waals surface area contributed by atoms with Gasteiger partial charge >= 0.3 is 0 Å². The molecule has 2 unspecified atom stereocenters. The Labute approximate surface area is 121 Å². The average molecular weight is 272 g/mol. The molecule has 3 nitrogen and oxygen atoms in total. The number of benzene rings is 1. The predicted octanol–water partition coefficient (Wildman–Crippen LogP) is 3.70. The highest BCUT2D eigenvalue weighted by molar-refractivity contribution is 5.85. The summed E-state index contributed by atoms with van der Waals surface area (Å²) in [5, 5.41) is 6.11. The van der Waals surface area contributed by atoms with Crippen LogP contribution in [0.15, 0.2) is 36.7 Å². The molecule has 0 aliphatic heterocycles. The molecule has 0 amide bonds. The number of hydrogen-bond acceptors (Lipinski definition) is 3. The maximum Gasteiger partial charge on any atom is 0.0561 e. The summed E-state index contributed by atoms with van der Waals surface area (Å²) < 4.78 is 5.44. The van der Waals surface area contributed by atoms with Gasteiger partial charge in [-0.1, -0.05) is 25.1 Å². The summed E-state index contributed by atoms with van der Waals surface area (Å²) in [5.74, 6) is 0. The molecule has 1 heterocycles. The maximum absolute atomic E-state index is 5.44. The van der Waals surface area contributed by atoms with Gasteiger partial charge < -0.3 is 10.1 Å². The van der Waals surface area contributed by atoms with Crippen LogP contribution in [0.25, 0.3) is 10.8 Å². The van der Waals surface area contributed by atoms with Crippen LogP contribution in [0.4, 0.5) is 0 Å². The Hall–Kier alpha value is -1.45. The Morgan fingerprint density at radius 2 is 2.15 bits per heavy atom. The van der Waals surface area contributed by atoms with Crippen molar-refractivity contribution in [3.8, 4) is 0 Å². The number of ether oxygens (including phenoxy) is 1. The fourth-order valence-corrected chi connectivity index (χ4v) is 2.52. The molecular formula is C17H24N2O. The predicted molar refractivity (Wildman–Crippen MR) is 83.9 cm³/mol. The van der Waals surface area contributed by atoms with Crippen molar-refractivity contribution in [2.75, 3.05) is 13.7 Å². The standard InChI is InChI=1S/C17H24N2O/c1-4-9-19-17(11-13(2)20-3)16-7-5-6-14-12-18-10-8-15(14)16/h5-8,10,12-13,17,19H,4,9,11H2,1-3H3. The monoisotopic (exact) mass is 272 g/mol. The number of pyridine rings is 1. The van der Waals surface area contributed by atoms with Crippen molar-refractivity contribution in [3.63, 3.8) is 0 Å². The van der Waals surface area contributed by atoms with Crippen molar-refractivity contribution in [2.24, 2.45) is 0 Å². The zero-order valence-electron chi connectivity index (χ0n) is 12.6. The number of nitrogens with zero attached hydrogens (tertiary/aromatic N) is 1. The van der Waals surface area contributed by atoms with Crippen molar-refractivity contribution in [2.45, 2.75) is 38.8 Å². The van der Waals surface area contributed by atoms with E-state index < -0.39 is 0 Å². The SMILES string of the molecule is CCCNC(CC(C)OC)c1cccc2cnccc12. The van der Waals surface area contributed by atoms with Crippen LogP contribution in [-0.2, 0) is 4.74 Å². The van der Waals surface area contributed by atoms with Gasteiger partial charge in [0.2, 0.25) is 0 Å². The van der Waals surface area contributed by atoms with E-state index in [1.807, 2.05) is 12.4 Å². The molecule has 108 valence electrons. The number of fused-ring (bicyclic) bond motifs is 1. The Bertz CT molecular complexity index is 536. The Balaban J connectivity index is 2.34. The second-order valence-corrected chi connectivity index (χ2v) is 5.23. The van der Waals surface area contributed by atoms with E-state index in [-0.39, 0.29) is 6.10 Å². The van der Waals surface area contributed by atoms with E-state index in [4.69, 9.17) is 4.74 Å². The highest BCUT2D eigenvalue weighted by Crippen LogP contribution is 2.27. The number of hydrogen-bond donors (Lipinski definition) is 1. The molecule has 2 aromatic rings. The molecule has 20 heavy (non-hydrogen) atoms. The van der Waals surface area contributed by atoms with Crippen LogP contribution in [0.5, 0.6) is 0 Å². The zero-order chi connectivity index (χ0) is 14.4. The number of methoxy groups -OCH3 is 1. The van der Waals surface area contributed by atoms with Crippen LogP contribution < -0.4 is 5.32 Å². The van der Waals surface area contributed by atoms with Gasteiger partial charge in [-0.25, -0.2) is 0 Å². The maximum atomic E-state index is 5.44. The number of aromatic nitrogens is 1. The summed E-state index contributed by atoms with van der Waals surface area (Å²) in [5.41, 5.74) is 1.34. The summed E-state index contributed by atoms with van der Waals surface area (Å²) in [4.78, 5) is 4.21. The molecule has 0 bridgehead atoms. The zero-order valence-corrected chi connectivity index (χ0v) is 12.6. The van der Waals surface area contributed by atoms with Crippen molar-refractivity contribution in [1.29, 1.82) is 0 Å². The van der Waals surface area contributed by atoms with Gasteiger partial charge in [0.15, 0.2) is 0 Å². The van der Waals surface area contributed by atoms with Gasteiger partial charge in [-0.2, -0.15) is 0 Å². The van der Waals surface area contributed by atoms with Crippen LogP contribution in [0.1, 0.15) is 38.3 Å². The van der Waals surface area contributed by atoms with Gasteiger partial charge in [-0.3, -0.25) is 4.98 Å². The van der Waals surface area contributed by atoms with Gasteiger partial charge in [0.25, 0.3) is 0 Å². The van der Waals surface area contributed by atoms with E-state index >= 15 is 0 Å². The molecule has 0 saturated carbocycles. The van der Waals surface area contributed by atoms with Crippen molar-refractivity contribution < 1.29 is 4.74 Å². The minimum atomic E-state index is 0.237. The smallest absolute Gasteiger partial charge is 0.0561 e.